The fourth-order valence-corrected chi connectivity index (χ4v) is 2.53. The van der Waals surface area contributed by atoms with E-state index in [1.807, 2.05) is 0 Å². The summed E-state index contributed by atoms with van der Waals surface area (Å²) in [6.07, 6.45) is 0. The molecule has 0 aliphatic rings. The number of phenolic OH excluding ortho intramolecular Hbond substituents is 1. The minimum Gasteiger partial charge on any atom is -0.505 e. The highest BCUT2D eigenvalue weighted by molar-refractivity contribution is 7.86. The van der Waals surface area contributed by atoms with Crippen molar-refractivity contribution < 1.29 is 18.1 Å². The highest BCUT2D eigenvalue weighted by Crippen LogP contribution is 2.39. The Labute approximate surface area is 120 Å². The van der Waals surface area contributed by atoms with Crippen molar-refractivity contribution in [3.05, 3.63) is 24.3 Å². The maximum atomic E-state index is 11.4. The second-order valence-corrected chi connectivity index (χ2v) is 5.44. The Balaban J connectivity index is 2.88. The van der Waals surface area contributed by atoms with Crippen LogP contribution in [0.25, 0.3) is 10.8 Å². The van der Waals surface area contributed by atoms with Crippen molar-refractivity contribution in [2.45, 2.75) is 4.90 Å². The molecule has 0 saturated heterocycles. The summed E-state index contributed by atoms with van der Waals surface area (Å²) < 4.78 is 32.0. The van der Waals surface area contributed by atoms with E-state index in [-0.39, 0.29) is 22.0 Å². The van der Waals surface area contributed by atoms with Crippen LogP contribution in [0.2, 0.25) is 0 Å². The third-order valence-electron chi connectivity index (χ3n) is 2.74. The lowest BCUT2D eigenvalue weighted by atomic mass is 10.1. The van der Waals surface area contributed by atoms with Crippen molar-refractivity contribution in [2.75, 3.05) is 14.1 Å². The van der Waals surface area contributed by atoms with E-state index in [1.54, 1.807) is 6.07 Å². The molecule has 21 heavy (non-hydrogen) atoms. The van der Waals surface area contributed by atoms with Crippen LogP contribution in [0.5, 0.6) is 5.75 Å². The van der Waals surface area contributed by atoms with Gasteiger partial charge in [0.25, 0.3) is 10.1 Å². The second kappa shape index (κ2) is 5.54. The summed E-state index contributed by atoms with van der Waals surface area (Å²) in [6, 6.07) is 5.57. The molecule has 0 aliphatic heterocycles. The maximum Gasteiger partial charge on any atom is 0.296 e. The van der Waals surface area contributed by atoms with E-state index in [1.165, 1.54) is 32.3 Å². The van der Waals surface area contributed by atoms with E-state index < -0.39 is 10.1 Å². The molecule has 0 bridgehead atoms. The molecule has 2 N–H and O–H groups in total. The average molecular weight is 308 g/mol. The van der Waals surface area contributed by atoms with Crippen molar-refractivity contribution in [3.8, 4) is 5.75 Å². The molecule has 0 aliphatic carbocycles. The number of hydrogen-bond donors (Lipinski definition) is 2. The van der Waals surface area contributed by atoms with Gasteiger partial charge in [0.1, 0.15) is 16.3 Å². The summed E-state index contributed by atoms with van der Waals surface area (Å²) in [5, 5.41) is 25.4. The molecule has 0 aromatic heterocycles. The van der Waals surface area contributed by atoms with Crippen molar-refractivity contribution in [1.82, 2.24) is 0 Å². The van der Waals surface area contributed by atoms with E-state index in [2.05, 4.69) is 20.5 Å². The number of rotatable bonds is 3. The van der Waals surface area contributed by atoms with Gasteiger partial charge < -0.3 is 5.11 Å². The van der Waals surface area contributed by atoms with Gasteiger partial charge in [0.15, 0.2) is 5.75 Å². The summed E-state index contributed by atoms with van der Waals surface area (Å²) in [6.45, 7) is 0. The largest absolute Gasteiger partial charge is 0.505 e. The van der Waals surface area contributed by atoms with Crippen LogP contribution in [-0.2, 0) is 10.1 Å². The topological polar surface area (TPSA) is 124 Å². The minimum atomic E-state index is -4.46. The first-order valence-corrected chi connectivity index (χ1v) is 7.19. The summed E-state index contributed by atoms with van der Waals surface area (Å²) >= 11 is 0. The Morgan fingerprint density at radius 3 is 2.19 bits per heavy atom. The number of fused-ring (bicyclic) bond motifs is 1. The van der Waals surface area contributed by atoms with E-state index >= 15 is 0 Å². The fourth-order valence-electron chi connectivity index (χ4n) is 1.89. The zero-order valence-corrected chi connectivity index (χ0v) is 12.0. The van der Waals surface area contributed by atoms with Gasteiger partial charge in [0.05, 0.1) is 0 Å². The molecular formula is C12H12N4O4S. The molecule has 8 nitrogen and oxygen atoms in total. The standard InChI is InChI=1S/C12H12N4O4S/c1-13-15-9-4-3-7-5-11(21(18,19)20)10(16-14-2)6-8(7)12(9)17/h3-6,17H,1-2H3,(H,18,19,20). The first-order chi connectivity index (χ1) is 9.88. The minimum absolute atomic E-state index is 0.0756. The lowest BCUT2D eigenvalue weighted by Gasteiger charge is -2.07. The lowest BCUT2D eigenvalue weighted by Crippen LogP contribution is -1.98. The highest BCUT2D eigenvalue weighted by atomic mass is 32.2. The van der Waals surface area contributed by atoms with Crippen molar-refractivity contribution in [2.24, 2.45) is 20.5 Å². The van der Waals surface area contributed by atoms with E-state index in [0.717, 1.165) is 0 Å². The van der Waals surface area contributed by atoms with Gasteiger partial charge in [-0.25, -0.2) is 0 Å². The molecule has 0 unspecified atom stereocenters. The molecule has 0 spiro atoms. The third kappa shape index (κ3) is 2.88. The number of hydrogen-bond acceptors (Lipinski definition) is 7. The highest BCUT2D eigenvalue weighted by Gasteiger charge is 2.18. The monoisotopic (exact) mass is 308 g/mol. The van der Waals surface area contributed by atoms with E-state index in [0.29, 0.717) is 10.8 Å². The van der Waals surface area contributed by atoms with Crippen LogP contribution in [0.4, 0.5) is 11.4 Å². The molecule has 2 aromatic carbocycles. The van der Waals surface area contributed by atoms with Gasteiger partial charge in [0, 0.05) is 19.5 Å². The zero-order valence-electron chi connectivity index (χ0n) is 11.2. The zero-order chi connectivity index (χ0) is 15.6. The van der Waals surface area contributed by atoms with Gasteiger partial charge >= 0.3 is 0 Å². The first-order valence-electron chi connectivity index (χ1n) is 5.75. The summed E-state index contributed by atoms with van der Waals surface area (Å²) in [4.78, 5) is -0.384. The third-order valence-corrected chi connectivity index (χ3v) is 3.63. The molecular weight excluding hydrogens is 296 g/mol. The summed E-state index contributed by atoms with van der Waals surface area (Å²) in [7, 11) is -1.64. The number of benzene rings is 2. The normalized spacial score (nSPS) is 12.7. The Bertz CT molecular complexity index is 859. The van der Waals surface area contributed by atoms with E-state index in [9.17, 15) is 18.1 Å². The SMILES string of the molecule is CN=Nc1cc2c(O)c(N=NC)ccc2cc1S(=O)(=O)O. The quantitative estimate of drug-likeness (QED) is 0.667. The molecule has 9 heteroatoms. The van der Waals surface area contributed by atoms with Gasteiger partial charge in [-0.05, 0) is 23.6 Å². The fraction of sp³-hybridized carbons (Fsp3) is 0.167. The smallest absolute Gasteiger partial charge is 0.296 e. The summed E-state index contributed by atoms with van der Waals surface area (Å²) in [5.74, 6) is -0.160. The maximum absolute atomic E-state index is 11.4. The Morgan fingerprint density at radius 1 is 1.00 bits per heavy atom. The molecule has 0 heterocycles. The van der Waals surface area contributed by atoms with Gasteiger partial charge in [-0.2, -0.15) is 28.9 Å². The molecule has 0 radical (unpaired) electrons. The van der Waals surface area contributed by atoms with Crippen LogP contribution in [0.3, 0.4) is 0 Å². The van der Waals surface area contributed by atoms with E-state index in [4.69, 9.17) is 0 Å². The molecule has 0 fully saturated rings. The van der Waals surface area contributed by atoms with Gasteiger partial charge in [-0.1, -0.05) is 6.07 Å². The molecule has 2 aromatic rings. The number of phenols is 1. The molecule has 110 valence electrons. The van der Waals surface area contributed by atoms with Crippen LogP contribution < -0.4 is 0 Å². The Hall–Kier alpha value is -2.39. The van der Waals surface area contributed by atoms with Crippen LogP contribution in [0, 0.1) is 0 Å². The molecule has 0 atom stereocenters. The first kappa shape index (κ1) is 15.0. The summed E-state index contributed by atoms with van der Waals surface area (Å²) in [5.41, 5.74) is 0.164. The Morgan fingerprint density at radius 2 is 1.62 bits per heavy atom. The Kier molecular flexibility index (Phi) is 3.96. The predicted molar refractivity (Wildman–Crippen MR) is 76.3 cm³/mol. The lowest BCUT2D eigenvalue weighted by molar-refractivity contribution is 0.480. The van der Waals surface area contributed by atoms with Crippen molar-refractivity contribution in [3.63, 3.8) is 0 Å². The number of nitrogens with zero attached hydrogens (tertiary/aromatic N) is 4. The average Bonchev–Trinajstić information content (AvgIpc) is 2.41. The second-order valence-electron chi connectivity index (χ2n) is 4.05. The van der Waals surface area contributed by atoms with Gasteiger partial charge in [0.2, 0.25) is 0 Å². The predicted octanol–water partition coefficient (Wildman–Crippen LogP) is 3.22. The van der Waals surface area contributed by atoms with Crippen molar-refractivity contribution >= 4 is 32.3 Å². The van der Waals surface area contributed by atoms with Crippen molar-refractivity contribution in [1.29, 1.82) is 0 Å². The van der Waals surface area contributed by atoms with Gasteiger partial charge in [-0.15, -0.1) is 0 Å². The van der Waals surface area contributed by atoms with Crippen LogP contribution in [-0.4, -0.2) is 32.2 Å². The van der Waals surface area contributed by atoms with Gasteiger partial charge in [-0.3, -0.25) is 4.55 Å². The number of azo groups is 2. The van der Waals surface area contributed by atoms with Crippen LogP contribution >= 0.6 is 0 Å². The number of aromatic hydroxyl groups is 1. The molecule has 2 rings (SSSR count). The van der Waals surface area contributed by atoms with Crippen LogP contribution in [0.1, 0.15) is 0 Å². The van der Waals surface area contributed by atoms with Crippen LogP contribution in [0.15, 0.2) is 49.6 Å². The molecule has 0 amide bonds. The molecule has 0 saturated carbocycles.